The van der Waals surface area contributed by atoms with Crippen molar-refractivity contribution in [2.45, 2.75) is 12.8 Å². The zero-order valence-corrected chi connectivity index (χ0v) is 14.7. The van der Waals surface area contributed by atoms with Crippen LogP contribution in [0.3, 0.4) is 0 Å². The minimum absolute atomic E-state index is 0.0286. The molecule has 27 heavy (non-hydrogen) atoms. The van der Waals surface area contributed by atoms with Crippen LogP contribution in [0.4, 0.5) is 5.69 Å². The molecule has 4 aromatic rings. The van der Waals surface area contributed by atoms with E-state index in [1.807, 2.05) is 59.6 Å². The molecule has 6 heteroatoms. The largest absolute Gasteiger partial charge is 0.342 e. The van der Waals surface area contributed by atoms with E-state index < -0.39 is 0 Å². The van der Waals surface area contributed by atoms with Crippen molar-refractivity contribution in [3.05, 3.63) is 66.7 Å². The van der Waals surface area contributed by atoms with E-state index in [1.54, 1.807) is 6.20 Å². The van der Waals surface area contributed by atoms with Gasteiger partial charge < -0.3 is 9.88 Å². The summed E-state index contributed by atoms with van der Waals surface area (Å²) in [5.41, 5.74) is 5.03. The molecule has 134 valence electrons. The third-order valence-electron chi connectivity index (χ3n) is 5.21. The van der Waals surface area contributed by atoms with Crippen LogP contribution in [0.25, 0.3) is 22.2 Å². The molecule has 0 saturated carbocycles. The molecule has 2 aromatic heterocycles. The summed E-state index contributed by atoms with van der Waals surface area (Å²) in [5, 5.41) is 6.80. The van der Waals surface area contributed by atoms with Gasteiger partial charge in [-0.05, 0) is 36.2 Å². The molecule has 1 saturated heterocycles. The summed E-state index contributed by atoms with van der Waals surface area (Å²) in [6, 6.07) is 16.0. The van der Waals surface area contributed by atoms with Crippen molar-refractivity contribution in [3.8, 4) is 11.1 Å². The Morgan fingerprint density at radius 2 is 1.93 bits per heavy atom. The molecule has 1 aliphatic heterocycles. The molecule has 3 heterocycles. The first kappa shape index (κ1) is 15.8. The number of aromatic nitrogens is 4. The Kier molecular flexibility index (Phi) is 3.74. The van der Waals surface area contributed by atoms with Gasteiger partial charge in [0.05, 0.1) is 17.2 Å². The third-order valence-corrected chi connectivity index (χ3v) is 5.21. The fourth-order valence-corrected chi connectivity index (χ4v) is 3.76. The summed E-state index contributed by atoms with van der Waals surface area (Å²) in [6.07, 6.45) is 5.15. The van der Waals surface area contributed by atoms with Gasteiger partial charge in [-0.3, -0.25) is 9.89 Å². The molecular formula is C21H19N5O. The number of nitrogens with zero attached hydrogens (tertiary/aromatic N) is 3. The smallest absolute Gasteiger partial charge is 0.230 e. The number of rotatable bonds is 4. The highest BCUT2D eigenvalue weighted by atomic mass is 16.2. The molecule has 0 aliphatic carbocycles. The monoisotopic (exact) mass is 357 g/mol. The predicted octanol–water partition coefficient (Wildman–Crippen LogP) is 3.55. The molecule has 1 fully saturated rings. The van der Waals surface area contributed by atoms with Crippen molar-refractivity contribution in [2.75, 3.05) is 11.4 Å². The number of carbonyl (C=O) groups is 1. The van der Waals surface area contributed by atoms with Gasteiger partial charge in [0.25, 0.3) is 0 Å². The highest BCUT2D eigenvalue weighted by Gasteiger charge is 2.33. The fraction of sp³-hybridized carbons (Fsp3) is 0.190. The van der Waals surface area contributed by atoms with Crippen LogP contribution in [0.15, 0.2) is 60.9 Å². The Hall–Kier alpha value is -3.41. The van der Waals surface area contributed by atoms with Crippen LogP contribution in [0.5, 0.6) is 0 Å². The molecule has 2 aromatic carbocycles. The molecule has 0 bridgehead atoms. The normalized spacial score (nSPS) is 17.1. The van der Waals surface area contributed by atoms with Crippen LogP contribution < -0.4 is 4.90 Å². The molecule has 1 atom stereocenters. The number of imidazole rings is 1. The number of hydrogen-bond donors (Lipinski definition) is 2. The molecule has 1 unspecified atom stereocenters. The molecule has 2 N–H and O–H groups in total. The SMILES string of the molecule is O=C1C(Cc2nc3ccccc3[nH]2)CCN1c1ccc(-c2cn[nH]c2)cc1. The zero-order valence-electron chi connectivity index (χ0n) is 14.7. The van der Waals surface area contributed by atoms with Crippen molar-refractivity contribution in [1.82, 2.24) is 20.2 Å². The van der Waals surface area contributed by atoms with Gasteiger partial charge in [0.15, 0.2) is 0 Å². The van der Waals surface area contributed by atoms with Gasteiger partial charge in [-0.1, -0.05) is 24.3 Å². The Labute approximate surface area is 156 Å². The molecule has 1 aliphatic rings. The Bertz CT molecular complexity index is 1050. The molecule has 5 rings (SSSR count). The number of carbonyl (C=O) groups excluding carboxylic acids is 1. The zero-order chi connectivity index (χ0) is 18.2. The number of aromatic amines is 2. The lowest BCUT2D eigenvalue weighted by Gasteiger charge is -2.17. The van der Waals surface area contributed by atoms with Gasteiger partial charge in [0.2, 0.25) is 5.91 Å². The van der Waals surface area contributed by atoms with Crippen LogP contribution in [0.1, 0.15) is 12.2 Å². The Balaban J connectivity index is 1.32. The van der Waals surface area contributed by atoms with E-state index in [1.165, 1.54) is 0 Å². The van der Waals surface area contributed by atoms with Gasteiger partial charge in [0, 0.05) is 36.3 Å². The van der Waals surface area contributed by atoms with E-state index in [4.69, 9.17) is 0 Å². The Morgan fingerprint density at radius 3 is 2.70 bits per heavy atom. The summed E-state index contributed by atoms with van der Waals surface area (Å²) >= 11 is 0. The molecule has 0 spiro atoms. The van der Waals surface area contributed by atoms with Gasteiger partial charge in [-0.25, -0.2) is 4.98 Å². The van der Waals surface area contributed by atoms with Crippen LogP contribution in [-0.2, 0) is 11.2 Å². The average molecular weight is 357 g/mol. The maximum atomic E-state index is 12.9. The summed E-state index contributed by atoms with van der Waals surface area (Å²) in [6.45, 7) is 0.745. The van der Waals surface area contributed by atoms with E-state index >= 15 is 0 Å². The van der Waals surface area contributed by atoms with E-state index in [0.29, 0.717) is 6.42 Å². The van der Waals surface area contributed by atoms with Gasteiger partial charge in [-0.2, -0.15) is 5.10 Å². The highest BCUT2D eigenvalue weighted by molar-refractivity contribution is 5.97. The van der Waals surface area contributed by atoms with Gasteiger partial charge in [0.1, 0.15) is 5.82 Å². The van der Waals surface area contributed by atoms with E-state index in [9.17, 15) is 4.79 Å². The lowest BCUT2D eigenvalue weighted by molar-refractivity contribution is -0.120. The summed E-state index contributed by atoms with van der Waals surface area (Å²) in [4.78, 5) is 22.7. The quantitative estimate of drug-likeness (QED) is 0.586. The Morgan fingerprint density at radius 1 is 1.07 bits per heavy atom. The second-order valence-corrected chi connectivity index (χ2v) is 6.91. The van der Waals surface area contributed by atoms with Gasteiger partial charge >= 0.3 is 0 Å². The minimum atomic E-state index is -0.0286. The number of hydrogen-bond acceptors (Lipinski definition) is 3. The first-order chi connectivity index (χ1) is 13.3. The minimum Gasteiger partial charge on any atom is -0.342 e. The predicted molar refractivity (Wildman–Crippen MR) is 104 cm³/mol. The summed E-state index contributed by atoms with van der Waals surface area (Å²) in [5.74, 6) is 1.03. The van der Waals surface area contributed by atoms with Crippen molar-refractivity contribution < 1.29 is 4.79 Å². The second-order valence-electron chi connectivity index (χ2n) is 6.91. The molecule has 0 radical (unpaired) electrons. The lowest BCUT2D eigenvalue weighted by Crippen LogP contribution is -2.27. The van der Waals surface area contributed by atoms with Crippen molar-refractivity contribution >= 4 is 22.6 Å². The maximum Gasteiger partial charge on any atom is 0.230 e. The number of amides is 1. The number of para-hydroxylation sites is 2. The molecular weight excluding hydrogens is 338 g/mol. The van der Waals surface area contributed by atoms with Crippen LogP contribution in [0, 0.1) is 5.92 Å². The number of H-pyrrole nitrogens is 2. The topological polar surface area (TPSA) is 77.7 Å². The number of anilines is 1. The van der Waals surface area contributed by atoms with Gasteiger partial charge in [-0.15, -0.1) is 0 Å². The van der Waals surface area contributed by atoms with E-state index in [2.05, 4.69) is 20.2 Å². The van der Waals surface area contributed by atoms with Crippen molar-refractivity contribution in [2.24, 2.45) is 5.92 Å². The summed E-state index contributed by atoms with van der Waals surface area (Å²) < 4.78 is 0. The molecule has 6 nitrogen and oxygen atoms in total. The van der Waals surface area contributed by atoms with Crippen LogP contribution >= 0.6 is 0 Å². The summed E-state index contributed by atoms with van der Waals surface area (Å²) in [7, 11) is 0. The first-order valence-corrected chi connectivity index (χ1v) is 9.12. The van der Waals surface area contributed by atoms with E-state index in [-0.39, 0.29) is 11.8 Å². The fourth-order valence-electron chi connectivity index (χ4n) is 3.76. The number of nitrogens with one attached hydrogen (secondary N) is 2. The average Bonchev–Trinajstić information content (AvgIpc) is 3.43. The third kappa shape index (κ3) is 2.89. The van der Waals surface area contributed by atoms with Crippen molar-refractivity contribution in [3.63, 3.8) is 0 Å². The van der Waals surface area contributed by atoms with Crippen LogP contribution in [-0.4, -0.2) is 32.6 Å². The van der Waals surface area contributed by atoms with E-state index in [0.717, 1.165) is 46.6 Å². The standard InChI is InChI=1S/C21H19N5O/c27-21-15(11-20-24-18-3-1-2-4-19(18)25-20)9-10-26(21)17-7-5-14(6-8-17)16-12-22-23-13-16/h1-8,12-13,15H,9-11H2,(H,22,23)(H,24,25). The number of benzene rings is 2. The maximum absolute atomic E-state index is 12.9. The first-order valence-electron chi connectivity index (χ1n) is 9.12. The second kappa shape index (κ2) is 6.39. The molecule has 1 amide bonds. The van der Waals surface area contributed by atoms with Crippen molar-refractivity contribution in [1.29, 1.82) is 0 Å². The number of fused-ring (bicyclic) bond motifs is 1. The van der Waals surface area contributed by atoms with Crippen LogP contribution in [0.2, 0.25) is 0 Å². The lowest BCUT2D eigenvalue weighted by atomic mass is 10.0. The highest BCUT2D eigenvalue weighted by Crippen LogP contribution is 2.29.